The quantitative estimate of drug-likeness (QED) is 0.711. The van der Waals surface area contributed by atoms with Crippen molar-refractivity contribution in [2.75, 3.05) is 0 Å². The maximum atomic E-state index is 10.9. The Hall–Kier alpha value is 0.352. The minimum atomic E-state index is 0.241. The van der Waals surface area contributed by atoms with Gasteiger partial charge in [0.1, 0.15) is 0 Å². The monoisotopic (exact) mass is 391 g/mol. The summed E-state index contributed by atoms with van der Waals surface area (Å²) < 4.78 is 0.241. The molecule has 0 atom stereocenters. The van der Waals surface area contributed by atoms with E-state index in [-0.39, 0.29) is 3.47 Å². The summed E-state index contributed by atoms with van der Waals surface area (Å²) in [6, 6.07) is 1.69. The SMILES string of the molecule is CC(C)NC1CCC(N[C](=O)[Pb])CC1. The fourth-order valence-corrected chi connectivity index (χ4v) is 2.85. The maximum absolute atomic E-state index is 10.9. The van der Waals surface area contributed by atoms with Crippen molar-refractivity contribution in [2.45, 2.75) is 57.7 Å². The van der Waals surface area contributed by atoms with E-state index < -0.39 is 0 Å². The molecule has 1 fully saturated rings. The Morgan fingerprint density at radius 3 is 2.14 bits per heavy atom. The normalized spacial score (nSPS) is 27.7. The summed E-state index contributed by atoms with van der Waals surface area (Å²) in [5.74, 6) is 0. The van der Waals surface area contributed by atoms with Crippen molar-refractivity contribution < 1.29 is 4.79 Å². The van der Waals surface area contributed by atoms with Crippen molar-refractivity contribution in [1.29, 1.82) is 0 Å². The van der Waals surface area contributed by atoms with Gasteiger partial charge >= 0.3 is 102 Å². The zero-order valence-corrected chi connectivity index (χ0v) is 12.9. The van der Waals surface area contributed by atoms with Crippen molar-refractivity contribution >= 4 is 29.2 Å². The summed E-state index contributed by atoms with van der Waals surface area (Å²) in [5, 5.41) is 6.60. The number of carbonyl (C=O) groups excluding carboxylic acids is 1. The van der Waals surface area contributed by atoms with Crippen LogP contribution in [0.5, 0.6) is 0 Å². The van der Waals surface area contributed by atoms with Crippen LogP contribution in [0.3, 0.4) is 0 Å². The summed E-state index contributed by atoms with van der Waals surface area (Å²) >= 11 is 0.630. The Bertz CT molecular complexity index is 189. The van der Waals surface area contributed by atoms with Gasteiger partial charge in [0.15, 0.2) is 0 Å². The average Bonchev–Trinajstić information content (AvgIpc) is 2.06. The van der Waals surface area contributed by atoms with Gasteiger partial charge < -0.3 is 0 Å². The van der Waals surface area contributed by atoms with E-state index in [1.54, 1.807) is 0 Å². The van der Waals surface area contributed by atoms with Gasteiger partial charge in [-0.25, -0.2) is 0 Å². The molecule has 1 aliphatic carbocycles. The molecule has 1 saturated carbocycles. The number of rotatable bonds is 3. The zero-order valence-electron chi connectivity index (χ0n) is 8.97. The first-order valence-electron chi connectivity index (χ1n) is 5.36. The molecule has 4 heteroatoms. The summed E-state index contributed by atoms with van der Waals surface area (Å²) in [4.78, 5) is 10.9. The number of nitrogens with one attached hydrogen (secondary N) is 2. The number of amides is 1. The van der Waals surface area contributed by atoms with E-state index in [0.29, 0.717) is 43.9 Å². The molecule has 0 bridgehead atoms. The van der Waals surface area contributed by atoms with E-state index in [0.717, 1.165) is 12.8 Å². The Morgan fingerprint density at radius 2 is 1.71 bits per heavy atom. The van der Waals surface area contributed by atoms with Gasteiger partial charge in [0.2, 0.25) is 0 Å². The van der Waals surface area contributed by atoms with Crippen molar-refractivity contribution in [1.82, 2.24) is 10.6 Å². The van der Waals surface area contributed by atoms with Crippen molar-refractivity contribution in [2.24, 2.45) is 0 Å². The Balaban J connectivity index is 2.21. The molecule has 3 nitrogen and oxygen atoms in total. The van der Waals surface area contributed by atoms with E-state index in [1.165, 1.54) is 12.8 Å². The molecule has 0 aromatic carbocycles. The van der Waals surface area contributed by atoms with Crippen LogP contribution < -0.4 is 10.6 Å². The molecule has 0 aromatic heterocycles. The topological polar surface area (TPSA) is 41.1 Å². The molecule has 1 rings (SSSR count). The van der Waals surface area contributed by atoms with Gasteiger partial charge in [0.25, 0.3) is 0 Å². The van der Waals surface area contributed by atoms with Crippen molar-refractivity contribution in [3.63, 3.8) is 0 Å². The Labute approximate surface area is 102 Å². The van der Waals surface area contributed by atoms with E-state index >= 15 is 0 Å². The van der Waals surface area contributed by atoms with Gasteiger partial charge in [-0.05, 0) is 0 Å². The molecule has 0 saturated heterocycles. The molecule has 1 aliphatic rings. The fraction of sp³-hybridized carbons (Fsp3) is 0.900. The molecule has 2 N–H and O–H groups in total. The zero-order chi connectivity index (χ0) is 10.6. The second-order valence-corrected chi connectivity index (χ2v) is 6.11. The Kier molecular flexibility index (Phi) is 5.37. The molecule has 3 radical (unpaired) electrons. The molecule has 0 aliphatic heterocycles. The van der Waals surface area contributed by atoms with Crippen LogP contribution in [0.25, 0.3) is 0 Å². The standard InChI is InChI=1S/C10H19N2O.Pb/c1-8(2)12-10-5-3-9(4-6-10)11-7-13;/h8-10,12H,3-6H2,1-2H3,(H,11,13);. The summed E-state index contributed by atoms with van der Waals surface area (Å²) in [6.07, 6.45) is 4.67. The van der Waals surface area contributed by atoms with Gasteiger partial charge in [0.05, 0.1) is 0 Å². The van der Waals surface area contributed by atoms with Gasteiger partial charge in [-0.15, -0.1) is 0 Å². The first-order valence-corrected chi connectivity index (χ1v) is 7.30. The first-order chi connectivity index (χ1) is 6.58. The van der Waals surface area contributed by atoms with Gasteiger partial charge in [-0.1, -0.05) is 0 Å². The molecule has 14 heavy (non-hydrogen) atoms. The molecule has 79 valence electrons. The van der Waals surface area contributed by atoms with Gasteiger partial charge in [0, 0.05) is 0 Å². The molecular weight excluding hydrogens is 371 g/mol. The van der Waals surface area contributed by atoms with Crippen LogP contribution in [0, 0.1) is 0 Å². The third-order valence-electron chi connectivity index (χ3n) is 2.63. The predicted molar refractivity (Wildman–Crippen MR) is 58.6 cm³/mol. The van der Waals surface area contributed by atoms with Crippen LogP contribution in [-0.2, 0) is 0 Å². The number of hydrogen-bond acceptors (Lipinski definition) is 2. The van der Waals surface area contributed by atoms with E-state index in [4.69, 9.17) is 0 Å². The third kappa shape index (κ3) is 4.73. The van der Waals surface area contributed by atoms with Crippen LogP contribution in [0.4, 0.5) is 4.79 Å². The molecule has 0 aromatic rings. The molecule has 0 unspecified atom stereocenters. The van der Waals surface area contributed by atoms with Crippen LogP contribution in [0.15, 0.2) is 0 Å². The van der Waals surface area contributed by atoms with Crippen LogP contribution in [-0.4, -0.2) is 47.4 Å². The fourth-order valence-electron chi connectivity index (χ4n) is 2.06. The van der Waals surface area contributed by atoms with Crippen LogP contribution in [0.1, 0.15) is 39.5 Å². The summed E-state index contributed by atoms with van der Waals surface area (Å²) in [5.41, 5.74) is 0. The van der Waals surface area contributed by atoms with Crippen LogP contribution >= 0.6 is 0 Å². The van der Waals surface area contributed by atoms with E-state index in [9.17, 15) is 4.79 Å². The molecular formula is C10H19N2OPb. The van der Waals surface area contributed by atoms with Gasteiger partial charge in [-0.3, -0.25) is 0 Å². The molecule has 1 amide bonds. The van der Waals surface area contributed by atoms with Crippen molar-refractivity contribution in [3.8, 4) is 0 Å². The predicted octanol–water partition coefficient (Wildman–Crippen LogP) is 1.17. The minimum absolute atomic E-state index is 0.241. The van der Waals surface area contributed by atoms with E-state index in [2.05, 4.69) is 24.5 Å². The van der Waals surface area contributed by atoms with E-state index in [1.807, 2.05) is 0 Å². The molecule has 0 heterocycles. The van der Waals surface area contributed by atoms with Crippen molar-refractivity contribution in [3.05, 3.63) is 0 Å². The summed E-state index contributed by atoms with van der Waals surface area (Å²) in [7, 11) is 0. The average molecular weight is 390 g/mol. The summed E-state index contributed by atoms with van der Waals surface area (Å²) in [6.45, 7) is 4.37. The number of carbonyl (C=O) groups is 1. The second kappa shape index (κ2) is 6.05. The first kappa shape index (κ1) is 12.4. The second-order valence-electron chi connectivity index (χ2n) is 4.34. The third-order valence-corrected chi connectivity index (χ3v) is 3.19. The van der Waals surface area contributed by atoms with Gasteiger partial charge in [-0.2, -0.15) is 0 Å². The van der Waals surface area contributed by atoms with Crippen LogP contribution in [0.2, 0.25) is 0 Å². The Morgan fingerprint density at radius 1 is 1.21 bits per heavy atom. The number of hydrogen-bond donors (Lipinski definition) is 2. The molecule has 0 spiro atoms.